The van der Waals surface area contributed by atoms with E-state index in [2.05, 4.69) is 56.5 Å². The fraction of sp³-hybridized carbons (Fsp3) is 0.476. The number of nitrogens with zero attached hydrogens (tertiary/aromatic N) is 1. The van der Waals surface area contributed by atoms with E-state index in [-0.39, 0.29) is 17.0 Å². The van der Waals surface area contributed by atoms with E-state index in [1.54, 1.807) is 6.08 Å². The standard InChI is InChI=1S/C21H29NO2/c1-5-20(18(3)22-24)12-14-21(4)13-8-6-10-19(16-17(21)2)11-7-9-15-23/h5-6,8,12,14-17,20H,1,3,7,9-11,13H2,2,4H3/b8-6?,14-12?,19-16+/t17-,20?,21?/m1/s1. The predicted octanol–water partition coefficient (Wildman–Crippen LogP) is 5.91. The molecule has 3 heteroatoms. The van der Waals surface area contributed by atoms with Crippen LogP contribution in [0.1, 0.15) is 46.0 Å². The summed E-state index contributed by atoms with van der Waals surface area (Å²) < 4.78 is 0. The summed E-state index contributed by atoms with van der Waals surface area (Å²) in [7, 11) is 0. The molecule has 0 bridgehead atoms. The van der Waals surface area contributed by atoms with Crippen LogP contribution < -0.4 is 0 Å². The molecule has 0 N–H and O–H groups in total. The first kappa shape index (κ1) is 20.0. The third-order valence-electron chi connectivity index (χ3n) is 4.89. The first-order valence-electron chi connectivity index (χ1n) is 8.59. The van der Waals surface area contributed by atoms with Crippen molar-refractivity contribution in [2.24, 2.45) is 22.4 Å². The molecule has 0 fully saturated rings. The zero-order valence-electron chi connectivity index (χ0n) is 14.9. The number of hydrogen-bond donors (Lipinski definition) is 0. The molecule has 1 rings (SSSR count). The van der Waals surface area contributed by atoms with Gasteiger partial charge in [-0.1, -0.05) is 62.5 Å². The second-order valence-corrected chi connectivity index (χ2v) is 6.76. The van der Waals surface area contributed by atoms with Crippen LogP contribution in [0.4, 0.5) is 0 Å². The number of aldehydes is 1. The summed E-state index contributed by atoms with van der Waals surface area (Å²) in [6.07, 6.45) is 18.0. The van der Waals surface area contributed by atoms with Crippen molar-refractivity contribution in [1.82, 2.24) is 0 Å². The Labute approximate surface area is 145 Å². The maximum Gasteiger partial charge on any atom is 0.120 e. The Morgan fingerprint density at radius 3 is 2.88 bits per heavy atom. The maximum atomic E-state index is 10.7. The Balaban J connectivity index is 2.94. The Morgan fingerprint density at radius 1 is 1.50 bits per heavy atom. The molecule has 130 valence electrons. The smallest absolute Gasteiger partial charge is 0.120 e. The molecule has 0 amide bonds. The number of rotatable bonds is 9. The fourth-order valence-corrected chi connectivity index (χ4v) is 2.90. The monoisotopic (exact) mass is 327 g/mol. The Morgan fingerprint density at radius 2 is 2.25 bits per heavy atom. The lowest BCUT2D eigenvalue weighted by Gasteiger charge is -2.32. The first-order chi connectivity index (χ1) is 11.5. The van der Waals surface area contributed by atoms with Gasteiger partial charge in [-0.15, -0.1) is 11.5 Å². The van der Waals surface area contributed by atoms with Crippen molar-refractivity contribution in [2.75, 3.05) is 0 Å². The second-order valence-electron chi connectivity index (χ2n) is 6.76. The highest BCUT2D eigenvalue weighted by Crippen LogP contribution is 2.38. The van der Waals surface area contributed by atoms with Crippen LogP contribution >= 0.6 is 0 Å². The molecule has 0 spiro atoms. The Kier molecular flexibility index (Phi) is 8.31. The number of hydrogen-bond acceptors (Lipinski definition) is 3. The van der Waals surface area contributed by atoms with E-state index in [1.165, 1.54) is 5.57 Å². The zero-order valence-corrected chi connectivity index (χ0v) is 14.9. The van der Waals surface area contributed by atoms with Gasteiger partial charge in [-0.3, -0.25) is 0 Å². The summed E-state index contributed by atoms with van der Waals surface area (Å²) in [5.41, 5.74) is 1.63. The van der Waals surface area contributed by atoms with Gasteiger partial charge < -0.3 is 4.79 Å². The third-order valence-corrected chi connectivity index (χ3v) is 4.89. The molecule has 1 aliphatic carbocycles. The SMILES string of the molecule is C=CC(C=CC1(C)CC=CC/C(CCCC=O)=C\[C@H]1C)C(=C)N=O. The van der Waals surface area contributed by atoms with Gasteiger partial charge in [0.25, 0.3) is 0 Å². The van der Waals surface area contributed by atoms with Gasteiger partial charge in [-0.2, -0.15) is 0 Å². The van der Waals surface area contributed by atoms with Crippen molar-refractivity contribution in [1.29, 1.82) is 0 Å². The van der Waals surface area contributed by atoms with E-state index in [0.29, 0.717) is 12.3 Å². The van der Waals surface area contributed by atoms with E-state index >= 15 is 0 Å². The highest BCUT2D eigenvalue weighted by Gasteiger charge is 2.27. The van der Waals surface area contributed by atoms with Crippen LogP contribution in [0.5, 0.6) is 0 Å². The normalized spacial score (nSPS) is 27.6. The zero-order chi connectivity index (χ0) is 18.0. The minimum atomic E-state index is -0.225. The minimum Gasteiger partial charge on any atom is -0.303 e. The summed E-state index contributed by atoms with van der Waals surface area (Å²) in [6, 6.07) is 0. The highest BCUT2D eigenvalue weighted by atomic mass is 16.3. The van der Waals surface area contributed by atoms with Gasteiger partial charge in [-0.25, -0.2) is 0 Å². The number of carbonyl (C=O) groups excluding carboxylic acids is 1. The molecule has 3 atom stereocenters. The molecule has 0 aromatic rings. The molecule has 2 unspecified atom stereocenters. The molecule has 0 heterocycles. The van der Waals surface area contributed by atoms with Crippen molar-refractivity contribution in [3.05, 3.63) is 65.8 Å². The van der Waals surface area contributed by atoms with Crippen molar-refractivity contribution >= 4 is 6.29 Å². The van der Waals surface area contributed by atoms with Gasteiger partial charge in [-0.05, 0) is 42.2 Å². The van der Waals surface area contributed by atoms with Gasteiger partial charge >= 0.3 is 0 Å². The molecule has 0 aromatic carbocycles. The fourth-order valence-electron chi connectivity index (χ4n) is 2.90. The lowest BCUT2D eigenvalue weighted by atomic mass is 9.72. The topological polar surface area (TPSA) is 46.5 Å². The van der Waals surface area contributed by atoms with Gasteiger partial charge in [0.15, 0.2) is 0 Å². The summed E-state index contributed by atoms with van der Waals surface area (Å²) in [6.45, 7) is 11.9. The average molecular weight is 327 g/mol. The summed E-state index contributed by atoms with van der Waals surface area (Å²) in [5, 5.41) is 2.93. The number of nitroso groups, excluding NO2 is 1. The van der Waals surface area contributed by atoms with Gasteiger partial charge in [0.2, 0.25) is 0 Å². The van der Waals surface area contributed by atoms with Crippen molar-refractivity contribution in [3.8, 4) is 0 Å². The van der Waals surface area contributed by atoms with Crippen LogP contribution in [0.15, 0.2) is 66.1 Å². The molecule has 3 nitrogen and oxygen atoms in total. The largest absolute Gasteiger partial charge is 0.303 e. The molecular formula is C21H29NO2. The number of unbranched alkanes of at least 4 members (excludes halogenated alkanes) is 1. The second kappa shape index (κ2) is 9.96. The average Bonchev–Trinajstić information content (AvgIpc) is 2.57. The maximum absolute atomic E-state index is 10.7. The third kappa shape index (κ3) is 5.88. The minimum absolute atomic E-state index is 0.0444. The van der Waals surface area contributed by atoms with Gasteiger partial charge in [0.05, 0.1) is 5.70 Å². The summed E-state index contributed by atoms with van der Waals surface area (Å²) in [5.74, 6) is 0.129. The van der Waals surface area contributed by atoms with Crippen molar-refractivity contribution in [2.45, 2.75) is 46.0 Å². The van der Waals surface area contributed by atoms with E-state index < -0.39 is 0 Å². The van der Waals surface area contributed by atoms with Crippen LogP contribution in [0.3, 0.4) is 0 Å². The Bertz CT molecular complexity index is 556. The van der Waals surface area contributed by atoms with E-state index in [1.807, 2.05) is 6.08 Å². The molecule has 0 aromatic heterocycles. The first-order valence-corrected chi connectivity index (χ1v) is 8.59. The summed E-state index contributed by atoms with van der Waals surface area (Å²) in [4.78, 5) is 21.2. The molecule has 1 aliphatic rings. The Hall–Kier alpha value is -2.03. The summed E-state index contributed by atoms with van der Waals surface area (Å²) >= 11 is 0. The number of carbonyl (C=O) groups is 1. The van der Waals surface area contributed by atoms with Crippen LogP contribution in [0.2, 0.25) is 0 Å². The highest BCUT2D eigenvalue weighted by molar-refractivity contribution is 5.49. The molecule has 0 aliphatic heterocycles. The van der Waals surface area contributed by atoms with Crippen molar-refractivity contribution < 1.29 is 4.79 Å². The van der Waals surface area contributed by atoms with Crippen molar-refractivity contribution in [3.63, 3.8) is 0 Å². The molecule has 0 saturated heterocycles. The van der Waals surface area contributed by atoms with E-state index in [0.717, 1.165) is 32.0 Å². The number of allylic oxidation sites excluding steroid dienone is 6. The van der Waals surface area contributed by atoms with Crippen LogP contribution in [0, 0.1) is 22.2 Å². The molecular weight excluding hydrogens is 298 g/mol. The van der Waals surface area contributed by atoms with Crippen LogP contribution in [-0.2, 0) is 4.79 Å². The predicted molar refractivity (Wildman–Crippen MR) is 101 cm³/mol. The lowest BCUT2D eigenvalue weighted by Crippen LogP contribution is -2.22. The quantitative estimate of drug-likeness (QED) is 0.229. The molecule has 0 saturated carbocycles. The van der Waals surface area contributed by atoms with Gasteiger partial charge in [0.1, 0.15) is 6.29 Å². The van der Waals surface area contributed by atoms with Crippen LogP contribution in [-0.4, -0.2) is 6.29 Å². The van der Waals surface area contributed by atoms with E-state index in [4.69, 9.17) is 0 Å². The van der Waals surface area contributed by atoms with Crippen LogP contribution in [0.25, 0.3) is 0 Å². The molecule has 0 radical (unpaired) electrons. The molecule has 24 heavy (non-hydrogen) atoms. The van der Waals surface area contributed by atoms with Gasteiger partial charge in [0, 0.05) is 12.3 Å². The van der Waals surface area contributed by atoms with E-state index in [9.17, 15) is 9.70 Å². The lowest BCUT2D eigenvalue weighted by molar-refractivity contribution is -0.107.